The fourth-order valence-corrected chi connectivity index (χ4v) is 2.94. The Bertz CT molecular complexity index is 615. The Morgan fingerprint density at radius 3 is 2.95 bits per heavy atom. The van der Waals surface area contributed by atoms with Gasteiger partial charge in [0.25, 0.3) is 0 Å². The van der Waals surface area contributed by atoms with Crippen LogP contribution < -0.4 is 5.32 Å². The molecule has 1 N–H and O–H groups in total. The number of nitrogens with zero attached hydrogens (tertiary/aromatic N) is 5. The lowest BCUT2D eigenvalue weighted by atomic mass is 9.94. The van der Waals surface area contributed by atoms with Gasteiger partial charge in [-0.2, -0.15) is 0 Å². The van der Waals surface area contributed by atoms with Crippen LogP contribution in [0.25, 0.3) is 0 Å². The third kappa shape index (κ3) is 3.57. The van der Waals surface area contributed by atoms with Crippen molar-refractivity contribution < 1.29 is 0 Å². The number of likely N-dealkylation sites (tertiary alicyclic amines) is 1. The van der Waals surface area contributed by atoms with E-state index in [4.69, 9.17) is 0 Å². The van der Waals surface area contributed by atoms with Crippen molar-refractivity contribution in [2.24, 2.45) is 0 Å². The quantitative estimate of drug-likeness (QED) is 0.935. The van der Waals surface area contributed by atoms with Crippen LogP contribution in [0.15, 0.2) is 24.7 Å². The van der Waals surface area contributed by atoms with E-state index in [1.54, 1.807) is 18.6 Å². The third-order valence-electron chi connectivity index (χ3n) is 4.05. The molecule has 1 aliphatic rings. The van der Waals surface area contributed by atoms with Crippen molar-refractivity contribution in [3.63, 3.8) is 0 Å². The third-order valence-corrected chi connectivity index (χ3v) is 4.05. The average Bonchev–Trinajstić information content (AvgIpc) is 2.55. The number of likely N-dealkylation sites (N-methyl/N-ethyl adjacent to an activating group) is 1. The highest BCUT2D eigenvalue weighted by molar-refractivity contribution is 5.50. The predicted octanol–water partition coefficient (Wildman–Crippen LogP) is 2.52. The summed E-state index contributed by atoms with van der Waals surface area (Å²) in [6.07, 6.45) is 7.43. The predicted molar refractivity (Wildman–Crippen MR) is 86.2 cm³/mol. The molecule has 22 heavy (non-hydrogen) atoms. The number of nitrogens with one attached hydrogen (secondary N) is 1. The lowest BCUT2D eigenvalue weighted by molar-refractivity contribution is 0.216. The minimum Gasteiger partial charge on any atom is -0.324 e. The highest BCUT2D eigenvalue weighted by atomic mass is 15.1. The molecule has 2 aromatic rings. The van der Waals surface area contributed by atoms with Gasteiger partial charge in [0.1, 0.15) is 17.5 Å². The second-order valence-electron chi connectivity index (χ2n) is 5.67. The van der Waals surface area contributed by atoms with Gasteiger partial charge in [-0.1, -0.05) is 6.92 Å². The fourth-order valence-electron chi connectivity index (χ4n) is 2.94. The number of rotatable bonds is 4. The Morgan fingerprint density at radius 2 is 2.18 bits per heavy atom. The molecule has 6 nitrogen and oxygen atoms in total. The molecule has 2 aromatic heterocycles. The van der Waals surface area contributed by atoms with E-state index in [0.717, 1.165) is 30.4 Å². The van der Waals surface area contributed by atoms with E-state index in [9.17, 15) is 0 Å². The van der Waals surface area contributed by atoms with Crippen molar-refractivity contribution in [1.29, 1.82) is 0 Å². The topological polar surface area (TPSA) is 66.8 Å². The lowest BCUT2D eigenvalue weighted by Gasteiger charge is -2.31. The summed E-state index contributed by atoms with van der Waals surface area (Å²) in [5.74, 6) is 2.76. The monoisotopic (exact) mass is 298 g/mol. The van der Waals surface area contributed by atoms with E-state index in [0.29, 0.717) is 11.7 Å². The van der Waals surface area contributed by atoms with Gasteiger partial charge in [0.05, 0.1) is 11.9 Å². The number of anilines is 2. The van der Waals surface area contributed by atoms with Gasteiger partial charge < -0.3 is 10.2 Å². The van der Waals surface area contributed by atoms with Crippen LogP contribution in [0.2, 0.25) is 0 Å². The van der Waals surface area contributed by atoms with Gasteiger partial charge in [0, 0.05) is 30.9 Å². The summed E-state index contributed by atoms with van der Waals surface area (Å²) >= 11 is 0. The SMILES string of the molecule is CCN1CCC[C@@H](c2cc(Nc3cnccn3)nc(C)n2)C1. The molecule has 0 unspecified atom stereocenters. The Kier molecular flexibility index (Phi) is 4.58. The summed E-state index contributed by atoms with van der Waals surface area (Å²) in [5.41, 5.74) is 1.12. The van der Waals surface area contributed by atoms with E-state index in [1.165, 1.54) is 19.4 Å². The van der Waals surface area contributed by atoms with Gasteiger partial charge in [-0.3, -0.25) is 4.98 Å². The molecule has 0 saturated carbocycles. The van der Waals surface area contributed by atoms with Crippen molar-refractivity contribution in [3.8, 4) is 0 Å². The molecule has 1 saturated heterocycles. The molecule has 0 spiro atoms. The molecule has 0 aromatic carbocycles. The molecule has 0 aliphatic carbocycles. The van der Waals surface area contributed by atoms with Crippen molar-refractivity contribution >= 4 is 11.6 Å². The van der Waals surface area contributed by atoms with Gasteiger partial charge in [-0.05, 0) is 32.9 Å². The Morgan fingerprint density at radius 1 is 1.27 bits per heavy atom. The summed E-state index contributed by atoms with van der Waals surface area (Å²) in [5, 5.41) is 3.21. The van der Waals surface area contributed by atoms with Crippen LogP contribution in [0.4, 0.5) is 11.6 Å². The standard InChI is InChI=1S/C16H22N6/c1-3-22-8-4-5-13(11-22)14-9-15(20-12(2)19-14)21-16-10-17-6-7-18-16/h6-7,9-10,13H,3-5,8,11H2,1-2H3,(H,18,19,20,21)/t13-/m1/s1. The highest BCUT2D eigenvalue weighted by Crippen LogP contribution is 2.27. The van der Waals surface area contributed by atoms with E-state index in [1.807, 2.05) is 13.0 Å². The second kappa shape index (κ2) is 6.79. The second-order valence-corrected chi connectivity index (χ2v) is 5.67. The zero-order valence-corrected chi connectivity index (χ0v) is 13.2. The number of aryl methyl sites for hydroxylation is 1. The number of aromatic nitrogens is 4. The molecule has 0 bridgehead atoms. The van der Waals surface area contributed by atoms with Crippen molar-refractivity contribution in [2.45, 2.75) is 32.6 Å². The van der Waals surface area contributed by atoms with E-state index in [2.05, 4.69) is 37.1 Å². The molecule has 0 amide bonds. The van der Waals surface area contributed by atoms with Gasteiger partial charge in [-0.25, -0.2) is 15.0 Å². The first-order valence-electron chi connectivity index (χ1n) is 7.85. The molecule has 6 heteroatoms. The first kappa shape index (κ1) is 14.8. The van der Waals surface area contributed by atoms with Crippen LogP contribution in [0.5, 0.6) is 0 Å². The van der Waals surface area contributed by atoms with Crippen LogP contribution >= 0.6 is 0 Å². The summed E-state index contributed by atoms with van der Waals surface area (Å²) in [6, 6.07) is 2.05. The normalized spacial score (nSPS) is 19.1. The van der Waals surface area contributed by atoms with Crippen LogP contribution in [0.1, 0.15) is 37.2 Å². The minimum atomic E-state index is 0.484. The van der Waals surface area contributed by atoms with Crippen LogP contribution in [0, 0.1) is 6.92 Å². The van der Waals surface area contributed by atoms with Gasteiger partial charge in [0.15, 0.2) is 0 Å². The van der Waals surface area contributed by atoms with E-state index < -0.39 is 0 Å². The summed E-state index contributed by atoms with van der Waals surface area (Å²) in [6.45, 7) is 7.53. The smallest absolute Gasteiger partial charge is 0.150 e. The van der Waals surface area contributed by atoms with E-state index >= 15 is 0 Å². The molecule has 1 fully saturated rings. The molecule has 3 rings (SSSR count). The van der Waals surface area contributed by atoms with Crippen molar-refractivity contribution in [3.05, 3.63) is 36.2 Å². The van der Waals surface area contributed by atoms with Crippen molar-refractivity contribution in [2.75, 3.05) is 25.0 Å². The molecular formula is C16H22N6. The zero-order chi connectivity index (χ0) is 15.4. The van der Waals surface area contributed by atoms with E-state index in [-0.39, 0.29) is 0 Å². The van der Waals surface area contributed by atoms with Gasteiger partial charge >= 0.3 is 0 Å². The molecular weight excluding hydrogens is 276 g/mol. The Balaban J connectivity index is 1.80. The fraction of sp³-hybridized carbons (Fsp3) is 0.500. The lowest BCUT2D eigenvalue weighted by Crippen LogP contribution is -2.34. The minimum absolute atomic E-state index is 0.484. The molecule has 116 valence electrons. The van der Waals surface area contributed by atoms with Gasteiger partial charge in [-0.15, -0.1) is 0 Å². The number of piperidine rings is 1. The Labute approximate surface area is 131 Å². The van der Waals surface area contributed by atoms with Crippen LogP contribution in [-0.2, 0) is 0 Å². The van der Waals surface area contributed by atoms with Crippen LogP contribution in [-0.4, -0.2) is 44.5 Å². The Hall–Kier alpha value is -2.08. The maximum atomic E-state index is 4.65. The maximum absolute atomic E-state index is 4.65. The first-order valence-corrected chi connectivity index (χ1v) is 7.85. The summed E-state index contributed by atoms with van der Waals surface area (Å²) in [4.78, 5) is 19.9. The molecule has 0 radical (unpaired) electrons. The van der Waals surface area contributed by atoms with Crippen molar-refractivity contribution in [1.82, 2.24) is 24.8 Å². The number of hydrogen-bond donors (Lipinski definition) is 1. The zero-order valence-electron chi connectivity index (χ0n) is 13.2. The first-order chi connectivity index (χ1) is 10.7. The average molecular weight is 298 g/mol. The maximum Gasteiger partial charge on any atom is 0.150 e. The molecule has 1 aliphatic heterocycles. The number of hydrogen-bond acceptors (Lipinski definition) is 6. The largest absolute Gasteiger partial charge is 0.324 e. The van der Waals surface area contributed by atoms with Gasteiger partial charge in [0.2, 0.25) is 0 Å². The summed E-state index contributed by atoms with van der Waals surface area (Å²) < 4.78 is 0. The molecule has 1 atom stereocenters. The summed E-state index contributed by atoms with van der Waals surface area (Å²) in [7, 11) is 0. The molecule has 3 heterocycles. The highest BCUT2D eigenvalue weighted by Gasteiger charge is 2.22. The van der Waals surface area contributed by atoms with Crippen LogP contribution in [0.3, 0.4) is 0 Å².